The number of aromatic nitrogens is 1. The van der Waals surface area contributed by atoms with E-state index in [1.54, 1.807) is 25.1 Å². The van der Waals surface area contributed by atoms with E-state index in [1.165, 1.54) is 5.56 Å². The van der Waals surface area contributed by atoms with Crippen molar-refractivity contribution in [3.05, 3.63) is 84.1 Å². The van der Waals surface area contributed by atoms with Crippen LogP contribution in [0.5, 0.6) is 5.75 Å². The highest BCUT2D eigenvalue weighted by Crippen LogP contribution is 2.22. The van der Waals surface area contributed by atoms with Crippen LogP contribution in [0, 0.1) is 0 Å². The number of hydrogen-bond donors (Lipinski definition) is 1. The van der Waals surface area contributed by atoms with E-state index < -0.39 is 0 Å². The first-order chi connectivity index (χ1) is 15.1. The molecule has 6 heteroatoms. The monoisotopic (exact) mass is 435 g/mol. The number of anilines is 1. The molecule has 0 aliphatic carbocycles. The van der Waals surface area contributed by atoms with Crippen molar-refractivity contribution in [2.75, 3.05) is 32.6 Å². The normalized spacial score (nSPS) is 10.8. The molecule has 3 aromatic rings. The molecule has 3 rings (SSSR count). The van der Waals surface area contributed by atoms with Crippen molar-refractivity contribution in [3.8, 4) is 5.75 Å². The molecular weight excluding hydrogens is 406 g/mol. The molecule has 0 saturated heterocycles. The number of rotatable bonds is 11. The van der Waals surface area contributed by atoms with Crippen LogP contribution in [0.15, 0.2) is 78.0 Å². The molecule has 0 fully saturated rings. The van der Waals surface area contributed by atoms with Crippen molar-refractivity contribution in [1.29, 1.82) is 0 Å². The van der Waals surface area contributed by atoms with Gasteiger partial charge >= 0.3 is 0 Å². The standard InChI is InChI=1S/C25H29N3O2S/c1-28(16-6-8-20-11-13-23(30-2)14-12-20)18-24(29)27-22-9-5-7-21(17-22)19-31-25-10-3-4-15-26-25/h3-5,7,9-15,17H,6,8,16,18-19H2,1-2H3,(H,27,29). The Morgan fingerprint density at radius 1 is 1.06 bits per heavy atom. The van der Waals surface area contributed by atoms with E-state index in [0.717, 1.165) is 47.2 Å². The first kappa shape index (κ1) is 22.8. The second-order valence-corrected chi connectivity index (χ2v) is 8.39. The van der Waals surface area contributed by atoms with Gasteiger partial charge in [-0.1, -0.05) is 30.3 Å². The average molecular weight is 436 g/mol. The third kappa shape index (κ3) is 8.07. The summed E-state index contributed by atoms with van der Waals surface area (Å²) in [6.07, 6.45) is 3.77. The average Bonchev–Trinajstić information content (AvgIpc) is 2.79. The Kier molecular flexibility index (Phi) is 8.94. The van der Waals surface area contributed by atoms with Crippen LogP contribution in [0.2, 0.25) is 0 Å². The molecule has 2 aromatic carbocycles. The summed E-state index contributed by atoms with van der Waals surface area (Å²) in [5, 5.41) is 4.01. The zero-order valence-electron chi connectivity index (χ0n) is 18.1. The SMILES string of the molecule is COc1ccc(CCCN(C)CC(=O)Nc2cccc(CSc3ccccn3)c2)cc1. The minimum Gasteiger partial charge on any atom is -0.497 e. The highest BCUT2D eigenvalue weighted by Gasteiger charge is 2.08. The Balaban J connectivity index is 1.40. The molecule has 5 nitrogen and oxygen atoms in total. The lowest BCUT2D eigenvalue weighted by atomic mass is 10.1. The molecule has 0 unspecified atom stereocenters. The highest BCUT2D eigenvalue weighted by molar-refractivity contribution is 7.98. The fourth-order valence-corrected chi connectivity index (χ4v) is 4.00. The van der Waals surface area contributed by atoms with Gasteiger partial charge in [-0.25, -0.2) is 4.98 Å². The summed E-state index contributed by atoms with van der Waals surface area (Å²) in [6, 6.07) is 22.0. The summed E-state index contributed by atoms with van der Waals surface area (Å²) in [5.41, 5.74) is 3.26. The van der Waals surface area contributed by atoms with Crippen LogP contribution in [0.25, 0.3) is 0 Å². The summed E-state index contributed by atoms with van der Waals surface area (Å²) < 4.78 is 5.19. The molecule has 0 bridgehead atoms. The van der Waals surface area contributed by atoms with Gasteiger partial charge in [0.1, 0.15) is 5.75 Å². The topological polar surface area (TPSA) is 54.5 Å². The van der Waals surface area contributed by atoms with Gasteiger partial charge in [-0.15, -0.1) is 11.8 Å². The Morgan fingerprint density at radius 2 is 1.90 bits per heavy atom. The van der Waals surface area contributed by atoms with E-state index in [9.17, 15) is 4.79 Å². The molecule has 1 amide bonds. The van der Waals surface area contributed by atoms with Crippen LogP contribution in [0.1, 0.15) is 17.5 Å². The van der Waals surface area contributed by atoms with Gasteiger partial charge in [-0.05, 0) is 74.0 Å². The lowest BCUT2D eigenvalue weighted by Crippen LogP contribution is -2.31. The number of hydrogen-bond acceptors (Lipinski definition) is 5. The smallest absolute Gasteiger partial charge is 0.238 e. The van der Waals surface area contributed by atoms with E-state index in [1.807, 2.05) is 55.6 Å². The van der Waals surface area contributed by atoms with Gasteiger partial charge in [-0.3, -0.25) is 9.69 Å². The van der Waals surface area contributed by atoms with Crippen molar-refractivity contribution in [2.45, 2.75) is 23.6 Å². The van der Waals surface area contributed by atoms with E-state index in [2.05, 4.69) is 33.4 Å². The van der Waals surface area contributed by atoms with E-state index in [4.69, 9.17) is 4.74 Å². The summed E-state index contributed by atoms with van der Waals surface area (Å²) >= 11 is 1.68. The molecule has 1 N–H and O–H groups in total. The second-order valence-electron chi connectivity index (χ2n) is 7.39. The van der Waals surface area contributed by atoms with Crippen LogP contribution in [0.4, 0.5) is 5.69 Å². The maximum Gasteiger partial charge on any atom is 0.238 e. The molecule has 0 aliphatic rings. The minimum atomic E-state index is 0.00137. The van der Waals surface area contributed by atoms with Gasteiger partial charge < -0.3 is 10.1 Å². The predicted molar refractivity (Wildman–Crippen MR) is 128 cm³/mol. The lowest BCUT2D eigenvalue weighted by molar-refractivity contribution is -0.117. The minimum absolute atomic E-state index is 0.00137. The van der Waals surface area contributed by atoms with E-state index in [0.29, 0.717) is 6.54 Å². The fourth-order valence-electron chi connectivity index (χ4n) is 3.20. The quantitative estimate of drug-likeness (QED) is 0.435. The van der Waals surface area contributed by atoms with Crippen LogP contribution in [-0.2, 0) is 17.0 Å². The number of thioether (sulfide) groups is 1. The summed E-state index contributed by atoms with van der Waals surface area (Å²) in [5.74, 6) is 1.69. The molecule has 31 heavy (non-hydrogen) atoms. The maximum atomic E-state index is 12.4. The molecule has 1 aromatic heterocycles. The fraction of sp³-hybridized carbons (Fsp3) is 0.280. The van der Waals surface area contributed by atoms with Crippen LogP contribution in [0.3, 0.4) is 0 Å². The lowest BCUT2D eigenvalue weighted by Gasteiger charge is -2.16. The Morgan fingerprint density at radius 3 is 2.65 bits per heavy atom. The number of carbonyl (C=O) groups excluding carboxylic acids is 1. The van der Waals surface area contributed by atoms with Gasteiger partial charge in [-0.2, -0.15) is 0 Å². The third-order valence-electron chi connectivity index (χ3n) is 4.81. The number of carbonyl (C=O) groups is 1. The van der Waals surface area contributed by atoms with Crippen molar-refractivity contribution >= 4 is 23.4 Å². The first-order valence-corrected chi connectivity index (χ1v) is 11.3. The number of pyridine rings is 1. The van der Waals surface area contributed by atoms with Gasteiger partial charge in [0.2, 0.25) is 5.91 Å². The summed E-state index contributed by atoms with van der Waals surface area (Å²) in [7, 11) is 3.65. The summed E-state index contributed by atoms with van der Waals surface area (Å²) in [4.78, 5) is 18.8. The molecule has 0 radical (unpaired) electrons. The van der Waals surface area contributed by atoms with Crippen molar-refractivity contribution in [3.63, 3.8) is 0 Å². The van der Waals surface area contributed by atoms with Crippen molar-refractivity contribution in [1.82, 2.24) is 9.88 Å². The molecule has 1 heterocycles. The molecule has 0 aliphatic heterocycles. The van der Waals surface area contributed by atoms with Crippen LogP contribution < -0.4 is 10.1 Å². The third-order valence-corrected chi connectivity index (χ3v) is 5.83. The zero-order valence-corrected chi connectivity index (χ0v) is 18.9. The first-order valence-electron chi connectivity index (χ1n) is 10.4. The molecular formula is C25H29N3O2S. The largest absolute Gasteiger partial charge is 0.497 e. The van der Waals surface area contributed by atoms with Crippen molar-refractivity contribution < 1.29 is 9.53 Å². The molecule has 0 saturated carbocycles. The van der Waals surface area contributed by atoms with Crippen LogP contribution in [-0.4, -0.2) is 43.0 Å². The Labute approximate surface area is 188 Å². The number of nitrogens with one attached hydrogen (secondary N) is 1. The Hall–Kier alpha value is -2.83. The van der Waals surface area contributed by atoms with Gasteiger partial charge in [0, 0.05) is 17.6 Å². The maximum absolute atomic E-state index is 12.4. The number of nitrogens with zero attached hydrogens (tertiary/aromatic N) is 2. The van der Waals surface area contributed by atoms with Crippen LogP contribution >= 0.6 is 11.8 Å². The number of ether oxygens (including phenoxy) is 1. The number of aryl methyl sites for hydroxylation is 1. The molecule has 0 spiro atoms. The number of benzene rings is 2. The number of methoxy groups -OCH3 is 1. The number of likely N-dealkylation sites (N-methyl/N-ethyl adjacent to an activating group) is 1. The zero-order chi connectivity index (χ0) is 21.9. The summed E-state index contributed by atoms with van der Waals surface area (Å²) in [6.45, 7) is 1.23. The van der Waals surface area contributed by atoms with E-state index >= 15 is 0 Å². The van der Waals surface area contributed by atoms with Gasteiger partial charge in [0.15, 0.2) is 0 Å². The van der Waals surface area contributed by atoms with Gasteiger partial charge in [0.25, 0.3) is 0 Å². The second kappa shape index (κ2) is 12.1. The predicted octanol–water partition coefficient (Wildman–Crippen LogP) is 4.89. The van der Waals surface area contributed by atoms with E-state index in [-0.39, 0.29) is 5.91 Å². The molecule has 0 atom stereocenters. The van der Waals surface area contributed by atoms with Gasteiger partial charge in [0.05, 0.1) is 18.7 Å². The molecule has 162 valence electrons. The van der Waals surface area contributed by atoms with Crippen molar-refractivity contribution in [2.24, 2.45) is 0 Å². The highest BCUT2D eigenvalue weighted by atomic mass is 32.2. The number of amides is 1. The Bertz CT molecular complexity index is 948.